The summed E-state index contributed by atoms with van der Waals surface area (Å²) in [6, 6.07) is 48.0. The summed E-state index contributed by atoms with van der Waals surface area (Å²) in [6.45, 7) is 6.40. The van der Waals surface area contributed by atoms with E-state index in [0.717, 1.165) is 49.4 Å². The van der Waals surface area contributed by atoms with Crippen LogP contribution in [0.5, 0.6) is 5.75 Å². The molecule has 0 atom stereocenters. The SMILES string of the molecule is Cc1cc(OC(=O)CCCCCCC[P+](c2ccccc2)(c2ccccc2)c2ccccc2)c(C(C)C)cc1-c1ccccc1. The normalized spacial score (nSPS) is 11.5. The summed E-state index contributed by atoms with van der Waals surface area (Å²) in [7, 11) is -1.78. The number of aryl methyl sites for hydroxylation is 1. The van der Waals surface area contributed by atoms with Crippen LogP contribution in [-0.4, -0.2) is 12.1 Å². The fraction of sp³-hybridized carbons (Fsp3) is 0.262. The summed E-state index contributed by atoms with van der Waals surface area (Å²) < 4.78 is 5.96. The monoisotopic (exact) mass is 613 g/mol. The number of benzene rings is 5. The Kier molecular flexibility index (Phi) is 11.4. The van der Waals surface area contributed by atoms with Crippen LogP contribution >= 0.6 is 7.26 Å². The van der Waals surface area contributed by atoms with Crippen molar-refractivity contribution in [3.63, 3.8) is 0 Å². The van der Waals surface area contributed by atoms with Crippen LogP contribution < -0.4 is 20.7 Å². The van der Waals surface area contributed by atoms with E-state index in [0.29, 0.717) is 12.2 Å². The lowest BCUT2D eigenvalue weighted by atomic mass is 9.93. The van der Waals surface area contributed by atoms with Crippen LogP contribution in [0.1, 0.15) is 69.4 Å². The third kappa shape index (κ3) is 7.99. The molecule has 0 N–H and O–H groups in total. The van der Waals surface area contributed by atoms with Crippen molar-refractivity contribution in [1.29, 1.82) is 0 Å². The number of esters is 1. The van der Waals surface area contributed by atoms with Gasteiger partial charge in [-0.3, -0.25) is 4.79 Å². The molecule has 5 aromatic rings. The first-order valence-corrected chi connectivity index (χ1v) is 18.4. The molecule has 0 radical (unpaired) electrons. The third-order valence-electron chi connectivity index (χ3n) is 8.75. The van der Waals surface area contributed by atoms with Gasteiger partial charge in [0.2, 0.25) is 0 Å². The van der Waals surface area contributed by atoms with Crippen LogP contribution in [0.4, 0.5) is 0 Å². The number of ether oxygens (including phenoxy) is 1. The van der Waals surface area contributed by atoms with Gasteiger partial charge in [0.1, 0.15) is 28.9 Å². The predicted octanol–water partition coefficient (Wildman–Crippen LogP) is 10.0. The van der Waals surface area contributed by atoms with Gasteiger partial charge in [-0.15, -0.1) is 0 Å². The first-order chi connectivity index (χ1) is 22.0. The fourth-order valence-electron chi connectivity index (χ4n) is 6.37. The summed E-state index contributed by atoms with van der Waals surface area (Å²) in [6.07, 6.45) is 6.91. The Bertz CT molecular complexity index is 1530. The molecule has 5 aromatic carbocycles. The topological polar surface area (TPSA) is 26.3 Å². The number of carbonyl (C=O) groups is 1. The molecule has 230 valence electrons. The molecule has 0 spiro atoms. The zero-order valence-electron chi connectivity index (χ0n) is 27.0. The van der Waals surface area contributed by atoms with Gasteiger partial charge in [-0.25, -0.2) is 0 Å². The highest BCUT2D eigenvalue weighted by molar-refractivity contribution is 7.95. The minimum atomic E-state index is -1.78. The van der Waals surface area contributed by atoms with E-state index in [9.17, 15) is 4.79 Å². The van der Waals surface area contributed by atoms with E-state index in [-0.39, 0.29) is 11.9 Å². The first-order valence-electron chi connectivity index (χ1n) is 16.4. The molecule has 0 aliphatic carbocycles. The van der Waals surface area contributed by atoms with Crippen molar-refractivity contribution in [2.45, 2.75) is 65.2 Å². The molecule has 3 heteroatoms. The van der Waals surface area contributed by atoms with Gasteiger partial charge in [-0.1, -0.05) is 112 Å². The largest absolute Gasteiger partial charge is 0.426 e. The van der Waals surface area contributed by atoms with E-state index in [2.05, 4.69) is 142 Å². The van der Waals surface area contributed by atoms with E-state index in [1.165, 1.54) is 27.0 Å². The lowest BCUT2D eigenvalue weighted by Gasteiger charge is -2.27. The van der Waals surface area contributed by atoms with Gasteiger partial charge in [-0.05, 0) is 103 Å². The molecule has 0 aliphatic rings. The van der Waals surface area contributed by atoms with Crippen molar-refractivity contribution >= 4 is 29.1 Å². The van der Waals surface area contributed by atoms with Gasteiger partial charge < -0.3 is 4.74 Å². The van der Waals surface area contributed by atoms with Gasteiger partial charge >= 0.3 is 5.97 Å². The predicted molar refractivity (Wildman–Crippen MR) is 194 cm³/mol. The average molecular weight is 614 g/mol. The van der Waals surface area contributed by atoms with Gasteiger partial charge in [0.05, 0.1) is 6.16 Å². The Morgan fingerprint density at radius 1 is 0.622 bits per heavy atom. The summed E-state index contributed by atoms with van der Waals surface area (Å²) in [5, 5.41) is 4.33. The second kappa shape index (κ2) is 15.8. The zero-order chi connectivity index (χ0) is 31.5. The number of carbonyl (C=O) groups excluding carboxylic acids is 1. The Hall–Kier alpha value is -4.00. The summed E-state index contributed by atoms with van der Waals surface area (Å²) in [4.78, 5) is 12.9. The Balaban J connectivity index is 1.18. The van der Waals surface area contributed by atoms with Crippen molar-refractivity contribution in [2.24, 2.45) is 0 Å². The second-order valence-corrected chi connectivity index (χ2v) is 15.9. The molecule has 0 heterocycles. The highest BCUT2D eigenvalue weighted by Crippen LogP contribution is 2.56. The molecular formula is C42H46O2P+. The maximum Gasteiger partial charge on any atom is 0.311 e. The Labute approximate surface area is 270 Å². The third-order valence-corrected chi connectivity index (χ3v) is 13.3. The van der Waals surface area contributed by atoms with Gasteiger partial charge in [0.25, 0.3) is 0 Å². The van der Waals surface area contributed by atoms with Crippen molar-refractivity contribution in [1.82, 2.24) is 0 Å². The highest BCUT2D eigenvalue weighted by Gasteiger charge is 2.44. The van der Waals surface area contributed by atoms with Crippen LogP contribution in [0.3, 0.4) is 0 Å². The molecule has 0 aromatic heterocycles. The van der Waals surface area contributed by atoms with Crippen LogP contribution in [0.25, 0.3) is 11.1 Å². The quantitative estimate of drug-likeness (QED) is 0.0539. The summed E-state index contributed by atoms with van der Waals surface area (Å²) in [5.74, 6) is 0.828. The van der Waals surface area contributed by atoms with E-state index in [1.807, 2.05) is 12.1 Å². The van der Waals surface area contributed by atoms with Crippen molar-refractivity contribution in [3.8, 4) is 16.9 Å². The molecule has 0 bridgehead atoms. The number of hydrogen-bond acceptors (Lipinski definition) is 2. The minimum absolute atomic E-state index is 0.133. The van der Waals surface area contributed by atoms with E-state index < -0.39 is 7.26 Å². The summed E-state index contributed by atoms with van der Waals surface area (Å²) in [5.41, 5.74) is 4.58. The second-order valence-electron chi connectivity index (χ2n) is 12.3. The molecule has 45 heavy (non-hydrogen) atoms. The van der Waals surface area contributed by atoms with Gasteiger partial charge in [0, 0.05) is 6.42 Å². The maximum absolute atomic E-state index is 12.9. The smallest absolute Gasteiger partial charge is 0.311 e. The molecule has 0 unspecified atom stereocenters. The molecule has 5 rings (SSSR count). The van der Waals surface area contributed by atoms with Crippen LogP contribution in [0, 0.1) is 6.92 Å². The Morgan fingerprint density at radius 2 is 1.09 bits per heavy atom. The number of hydrogen-bond donors (Lipinski definition) is 0. The van der Waals surface area contributed by atoms with Crippen LogP contribution in [0.2, 0.25) is 0 Å². The van der Waals surface area contributed by atoms with Crippen molar-refractivity contribution < 1.29 is 9.53 Å². The first kappa shape index (κ1) is 32.4. The molecule has 2 nitrogen and oxygen atoms in total. The average Bonchev–Trinajstić information content (AvgIpc) is 3.07. The van der Waals surface area contributed by atoms with Crippen molar-refractivity contribution in [2.75, 3.05) is 6.16 Å². The number of unbranched alkanes of at least 4 members (excludes halogenated alkanes) is 4. The molecule has 0 aliphatic heterocycles. The molecular weight excluding hydrogens is 567 g/mol. The highest BCUT2D eigenvalue weighted by atomic mass is 31.2. The lowest BCUT2D eigenvalue weighted by Crippen LogP contribution is -2.33. The van der Waals surface area contributed by atoms with Crippen LogP contribution in [-0.2, 0) is 4.79 Å². The standard InChI is InChI=1S/C42H46O2P/c1-33(2)39-32-40(35-21-11-7-12-22-35)34(3)31-41(39)44-42(43)29-19-5-4-6-20-30-45(36-23-13-8-14-24-36,37-25-15-9-16-26-37)38-27-17-10-18-28-38/h7-18,21-28,31-33H,4-6,19-20,29-30H2,1-3H3/q+1. The van der Waals surface area contributed by atoms with Gasteiger partial charge in [0.15, 0.2) is 0 Å². The van der Waals surface area contributed by atoms with Crippen LogP contribution in [0.15, 0.2) is 133 Å². The molecule has 0 saturated carbocycles. The van der Waals surface area contributed by atoms with Crippen molar-refractivity contribution in [3.05, 3.63) is 145 Å². The van der Waals surface area contributed by atoms with E-state index in [1.54, 1.807) is 0 Å². The molecule has 0 saturated heterocycles. The molecule has 0 fully saturated rings. The van der Waals surface area contributed by atoms with Gasteiger partial charge in [-0.2, -0.15) is 0 Å². The molecule has 0 amide bonds. The minimum Gasteiger partial charge on any atom is -0.426 e. The zero-order valence-corrected chi connectivity index (χ0v) is 27.9. The lowest BCUT2D eigenvalue weighted by molar-refractivity contribution is -0.134. The van der Waals surface area contributed by atoms with E-state index >= 15 is 0 Å². The summed E-state index contributed by atoms with van der Waals surface area (Å²) >= 11 is 0. The number of rotatable bonds is 14. The fourth-order valence-corrected chi connectivity index (χ4v) is 10.8. The maximum atomic E-state index is 12.9. The van der Waals surface area contributed by atoms with E-state index in [4.69, 9.17) is 4.74 Å². The Morgan fingerprint density at radius 3 is 1.60 bits per heavy atom.